The second-order valence-corrected chi connectivity index (χ2v) is 4.41. The number of nitrogens with two attached hydrogens (primary N) is 1. The summed E-state index contributed by atoms with van der Waals surface area (Å²) in [4.78, 5) is 0. The molecule has 76 valence electrons. The first-order valence-electron chi connectivity index (χ1n) is 5.54. The van der Waals surface area contributed by atoms with Crippen LogP contribution in [0.25, 0.3) is 0 Å². The van der Waals surface area contributed by atoms with E-state index in [1.165, 1.54) is 37.9 Å². The molecule has 1 aromatic rings. The first-order chi connectivity index (χ1) is 6.90. The van der Waals surface area contributed by atoms with Gasteiger partial charge < -0.3 is 10.3 Å². The van der Waals surface area contributed by atoms with E-state index in [1.807, 2.05) is 0 Å². The second kappa shape index (κ2) is 3.05. The average Bonchev–Trinajstić information content (AvgIpc) is 2.86. The third-order valence-corrected chi connectivity index (χ3v) is 3.36. The minimum atomic E-state index is 0.524. The van der Waals surface area contributed by atoms with Gasteiger partial charge in [0.2, 0.25) is 0 Å². The second-order valence-electron chi connectivity index (χ2n) is 4.41. The van der Waals surface area contributed by atoms with Gasteiger partial charge in [-0.3, -0.25) is 0 Å². The Morgan fingerprint density at radius 1 is 1.21 bits per heavy atom. The summed E-state index contributed by atoms with van der Waals surface area (Å²) in [6.07, 6.45) is 6.49. The predicted octanol–water partition coefficient (Wildman–Crippen LogP) is 1.34. The van der Waals surface area contributed by atoms with Crippen molar-refractivity contribution in [2.45, 2.75) is 50.6 Å². The van der Waals surface area contributed by atoms with E-state index in [-0.39, 0.29) is 0 Å². The van der Waals surface area contributed by atoms with Gasteiger partial charge in [0.25, 0.3) is 0 Å². The van der Waals surface area contributed by atoms with Crippen LogP contribution in [-0.2, 0) is 6.54 Å². The van der Waals surface area contributed by atoms with Crippen molar-refractivity contribution >= 4 is 0 Å². The molecule has 1 heterocycles. The van der Waals surface area contributed by atoms with E-state index in [1.54, 1.807) is 0 Å². The molecule has 0 atom stereocenters. The highest BCUT2D eigenvalue weighted by Gasteiger charge is 2.33. The van der Waals surface area contributed by atoms with Crippen LogP contribution in [0.1, 0.15) is 55.7 Å². The molecular weight excluding hydrogens is 176 g/mol. The fraction of sp³-hybridized carbons (Fsp3) is 0.800. The molecule has 2 fully saturated rings. The molecule has 0 amide bonds. The van der Waals surface area contributed by atoms with Crippen molar-refractivity contribution in [1.82, 2.24) is 14.8 Å². The van der Waals surface area contributed by atoms with Gasteiger partial charge in [-0.25, -0.2) is 0 Å². The standard InChI is InChI=1S/C10H16N4/c11-6-9-12-13-10(7-2-1-3-7)14(9)8-4-5-8/h7-8H,1-6,11H2. The SMILES string of the molecule is NCc1nnc(C2CCC2)n1C1CC1. The van der Waals surface area contributed by atoms with Gasteiger partial charge in [0, 0.05) is 12.0 Å². The van der Waals surface area contributed by atoms with Crippen LogP contribution in [0.15, 0.2) is 0 Å². The van der Waals surface area contributed by atoms with E-state index >= 15 is 0 Å². The first kappa shape index (κ1) is 8.41. The Hall–Kier alpha value is -0.900. The molecule has 0 radical (unpaired) electrons. The molecule has 2 aliphatic carbocycles. The Kier molecular flexibility index (Phi) is 1.83. The zero-order chi connectivity index (χ0) is 9.54. The van der Waals surface area contributed by atoms with Crippen molar-refractivity contribution in [2.75, 3.05) is 0 Å². The first-order valence-corrected chi connectivity index (χ1v) is 5.54. The Labute approximate surface area is 83.5 Å². The summed E-state index contributed by atoms with van der Waals surface area (Å²) in [5.41, 5.74) is 5.67. The van der Waals surface area contributed by atoms with Crippen LogP contribution in [0.4, 0.5) is 0 Å². The predicted molar refractivity (Wildman–Crippen MR) is 52.8 cm³/mol. The quantitative estimate of drug-likeness (QED) is 0.786. The molecule has 0 bridgehead atoms. The number of hydrogen-bond acceptors (Lipinski definition) is 3. The van der Waals surface area contributed by atoms with E-state index in [0.717, 1.165) is 5.82 Å². The van der Waals surface area contributed by atoms with E-state index in [2.05, 4.69) is 14.8 Å². The van der Waals surface area contributed by atoms with E-state index < -0.39 is 0 Å². The van der Waals surface area contributed by atoms with Crippen molar-refractivity contribution in [3.8, 4) is 0 Å². The topological polar surface area (TPSA) is 56.7 Å². The van der Waals surface area contributed by atoms with Gasteiger partial charge in [-0.15, -0.1) is 10.2 Å². The fourth-order valence-corrected chi connectivity index (χ4v) is 2.15. The molecule has 14 heavy (non-hydrogen) atoms. The summed E-state index contributed by atoms with van der Waals surface area (Å²) in [5, 5.41) is 8.49. The Balaban J connectivity index is 1.96. The van der Waals surface area contributed by atoms with E-state index in [9.17, 15) is 0 Å². The molecule has 3 rings (SSSR count). The van der Waals surface area contributed by atoms with Crippen molar-refractivity contribution in [3.63, 3.8) is 0 Å². The van der Waals surface area contributed by atoms with Gasteiger partial charge in [0.05, 0.1) is 6.54 Å². The molecule has 0 aliphatic heterocycles. The lowest BCUT2D eigenvalue weighted by Gasteiger charge is -2.25. The molecule has 0 unspecified atom stereocenters. The lowest BCUT2D eigenvalue weighted by Crippen LogP contribution is -2.17. The zero-order valence-electron chi connectivity index (χ0n) is 8.32. The van der Waals surface area contributed by atoms with Crippen LogP contribution in [0.5, 0.6) is 0 Å². The molecule has 2 aliphatic rings. The van der Waals surface area contributed by atoms with E-state index in [0.29, 0.717) is 18.5 Å². The van der Waals surface area contributed by atoms with Crippen LogP contribution in [0, 0.1) is 0 Å². The zero-order valence-corrected chi connectivity index (χ0v) is 8.32. The highest BCUT2D eigenvalue weighted by atomic mass is 15.3. The molecule has 2 saturated carbocycles. The molecule has 4 nitrogen and oxygen atoms in total. The van der Waals surface area contributed by atoms with Crippen LogP contribution >= 0.6 is 0 Å². The van der Waals surface area contributed by atoms with Crippen molar-refractivity contribution in [2.24, 2.45) is 5.73 Å². The number of rotatable bonds is 3. The monoisotopic (exact) mass is 192 g/mol. The smallest absolute Gasteiger partial charge is 0.147 e. The molecule has 0 aromatic carbocycles. The van der Waals surface area contributed by atoms with Crippen LogP contribution in [-0.4, -0.2) is 14.8 Å². The van der Waals surface area contributed by atoms with Crippen molar-refractivity contribution < 1.29 is 0 Å². The number of nitrogens with zero attached hydrogens (tertiary/aromatic N) is 3. The maximum atomic E-state index is 5.67. The molecule has 2 N–H and O–H groups in total. The van der Waals surface area contributed by atoms with Crippen LogP contribution in [0.2, 0.25) is 0 Å². The van der Waals surface area contributed by atoms with Gasteiger partial charge in [0.15, 0.2) is 0 Å². The van der Waals surface area contributed by atoms with Gasteiger partial charge in [-0.2, -0.15) is 0 Å². The minimum Gasteiger partial charge on any atom is -0.324 e. The average molecular weight is 192 g/mol. The number of hydrogen-bond donors (Lipinski definition) is 1. The van der Waals surface area contributed by atoms with Gasteiger partial charge in [0.1, 0.15) is 11.6 Å². The lowest BCUT2D eigenvalue weighted by molar-refractivity contribution is 0.385. The highest BCUT2D eigenvalue weighted by molar-refractivity contribution is 5.09. The summed E-state index contributed by atoms with van der Waals surface area (Å²) in [6.45, 7) is 0.524. The Bertz CT molecular complexity index is 336. The lowest BCUT2D eigenvalue weighted by atomic mass is 9.85. The van der Waals surface area contributed by atoms with Gasteiger partial charge in [-0.1, -0.05) is 6.42 Å². The summed E-state index contributed by atoms with van der Waals surface area (Å²) < 4.78 is 2.31. The van der Waals surface area contributed by atoms with Gasteiger partial charge in [-0.05, 0) is 25.7 Å². The Morgan fingerprint density at radius 2 is 2.00 bits per heavy atom. The fourth-order valence-electron chi connectivity index (χ4n) is 2.15. The minimum absolute atomic E-state index is 0.524. The van der Waals surface area contributed by atoms with E-state index in [4.69, 9.17) is 5.73 Å². The molecule has 1 aromatic heterocycles. The molecule has 4 heteroatoms. The number of aromatic nitrogens is 3. The maximum absolute atomic E-state index is 5.67. The van der Waals surface area contributed by atoms with Crippen LogP contribution < -0.4 is 5.73 Å². The summed E-state index contributed by atoms with van der Waals surface area (Å²) in [6, 6.07) is 0.666. The molecule has 0 saturated heterocycles. The Morgan fingerprint density at radius 3 is 2.50 bits per heavy atom. The third-order valence-electron chi connectivity index (χ3n) is 3.36. The van der Waals surface area contributed by atoms with Gasteiger partial charge >= 0.3 is 0 Å². The summed E-state index contributed by atoms with van der Waals surface area (Å²) in [5.74, 6) is 2.86. The largest absolute Gasteiger partial charge is 0.324 e. The van der Waals surface area contributed by atoms with Crippen LogP contribution in [0.3, 0.4) is 0 Å². The maximum Gasteiger partial charge on any atom is 0.147 e. The molecular formula is C10H16N4. The highest BCUT2D eigenvalue weighted by Crippen LogP contribution is 2.42. The summed E-state index contributed by atoms with van der Waals surface area (Å²) >= 11 is 0. The third kappa shape index (κ3) is 1.17. The summed E-state index contributed by atoms with van der Waals surface area (Å²) in [7, 11) is 0. The van der Waals surface area contributed by atoms with Crippen molar-refractivity contribution in [1.29, 1.82) is 0 Å². The molecule has 0 spiro atoms. The normalized spacial score (nSPS) is 22.4. The van der Waals surface area contributed by atoms with Crippen molar-refractivity contribution in [3.05, 3.63) is 11.6 Å².